The van der Waals surface area contributed by atoms with E-state index >= 15 is 0 Å². The number of amides is 1. The molecule has 1 aliphatic heterocycles. The Bertz CT molecular complexity index is 419. The molecule has 2 rings (SSSR count). The first-order chi connectivity index (χ1) is 8.72. The second kappa shape index (κ2) is 5.87. The molecular formula is C14H19NO3. The van der Waals surface area contributed by atoms with Crippen LogP contribution in [-0.2, 0) is 16.0 Å². The lowest BCUT2D eigenvalue weighted by atomic mass is 10.1. The lowest BCUT2D eigenvalue weighted by Crippen LogP contribution is -2.34. The van der Waals surface area contributed by atoms with Gasteiger partial charge in [0.2, 0.25) is 5.91 Å². The van der Waals surface area contributed by atoms with Gasteiger partial charge in [-0.3, -0.25) is 4.79 Å². The molecule has 1 unspecified atom stereocenters. The lowest BCUT2D eigenvalue weighted by molar-refractivity contribution is -0.135. The highest BCUT2D eigenvalue weighted by molar-refractivity contribution is 5.77. The van der Waals surface area contributed by atoms with Gasteiger partial charge in [-0.05, 0) is 25.0 Å². The van der Waals surface area contributed by atoms with Gasteiger partial charge in [0.15, 0.2) is 0 Å². The van der Waals surface area contributed by atoms with Gasteiger partial charge in [-0.2, -0.15) is 0 Å². The Labute approximate surface area is 107 Å². The molecule has 1 amide bonds. The Morgan fingerprint density at radius 1 is 1.50 bits per heavy atom. The van der Waals surface area contributed by atoms with Gasteiger partial charge in [0.25, 0.3) is 0 Å². The van der Waals surface area contributed by atoms with E-state index in [2.05, 4.69) is 0 Å². The van der Waals surface area contributed by atoms with Crippen molar-refractivity contribution in [3.8, 4) is 5.75 Å². The lowest BCUT2D eigenvalue weighted by Gasteiger charge is -2.19. The third kappa shape index (κ3) is 2.82. The maximum absolute atomic E-state index is 12.0. The average Bonchev–Trinajstić information content (AvgIpc) is 2.82. The van der Waals surface area contributed by atoms with Crippen LogP contribution < -0.4 is 4.74 Å². The van der Waals surface area contributed by atoms with E-state index in [1.807, 2.05) is 31.2 Å². The van der Waals surface area contributed by atoms with Crippen molar-refractivity contribution >= 4 is 5.91 Å². The second-order valence-electron chi connectivity index (χ2n) is 4.37. The molecule has 0 bridgehead atoms. The number of para-hydroxylation sites is 1. The van der Waals surface area contributed by atoms with Crippen LogP contribution in [0.5, 0.6) is 5.75 Å². The third-order valence-corrected chi connectivity index (χ3v) is 3.25. The zero-order valence-corrected chi connectivity index (χ0v) is 10.9. The molecule has 18 heavy (non-hydrogen) atoms. The summed E-state index contributed by atoms with van der Waals surface area (Å²) in [5.41, 5.74) is 1.07. The topological polar surface area (TPSA) is 38.8 Å². The number of hydrogen-bond acceptors (Lipinski definition) is 3. The third-order valence-electron chi connectivity index (χ3n) is 3.25. The molecule has 0 saturated carbocycles. The average molecular weight is 249 g/mol. The number of ether oxygens (including phenoxy) is 2. The number of hydrogen-bond donors (Lipinski definition) is 0. The van der Waals surface area contributed by atoms with Crippen molar-refractivity contribution in [3.05, 3.63) is 29.8 Å². The van der Waals surface area contributed by atoms with Crippen LogP contribution >= 0.6 is 0 Å². The van der Waals surface area contributed by atoms with Gasteiger partial charge < -0.3 is 14.4 Å². The van der Waals surface area contributed by atoms with Crippen molar-refractivity contribution < 1.29 is 14.3 Å². The second-order valence-corrected chi connectivity index (χ2v) is 4.37. The zero-order valence-electron chi connectivity index (χ0n) is 10.9. The molecule has 1 fully saturated rings. The number of carbonyl (C=O) groups is 1. The Morgan fingerprint density at radius 3 is 2.94 bits per heavy atom. The monoisotopic (exact) mass is 249 g/mol. The van der Waals surface area contributed by atoms with Crippen molar-refractivity contribution in [3.63, 3.8) is 0 Å². The largest absolute Gasteiger partial charge is 0.496 e. The minimum atomic E-state index is -0.0878. The first kappa shape index (κ1) is 12.9. The first-order valence-corrected chi connectivity index (χ1v) is 6.25. The van der Waals surface area contributed by atoms with Crippen LogP contribution in [0.25, 0.3) is 0 Å². The maximum atomic E-state index is 12.0. The molecule has 98 valence electrons. The molecular weight excluding hydrogens is 230 g/mol. The molecule has 4 heteroatoms. The van der Waals surface area contributed by atoms with Gasteiger partial charge in [0, 0.05) is 13.0 Å². The Morgan fingerprint density at radius 2 is 2.28 bits per heavy atom. The quantitative estimate of drug-likeness (QED) is 0.817. The van der Waals surface area contributed by atoms with Crippen LogP contribution in [0.4, 0.5) is 0 Å². The van der Waals surface area contributed by atoms with Crippen molar-refractivity contribution in [2.75, 3.05) is 20.3 Å². The molecule has 1 aromatic rings. The first-order valence-electron chi connectivity index (χ1n) is 6.25. The molecule has 0 radical (unpaired) electrons. The highest BCUT2D eigenvalue weighted by atomic mass is 16.5. The van der Waals surface area contributed by atoms with Crippen LogP contribution in [0.15, 0.2) is 24.3 Å². The number of rotatable bonds is 4. The fraction of sp³-hybridized carbons (Fsp3) is 0.500. The van der Waals surface area contributed by atoms with Crippen molar-refractivity contribution in [2.24, 2.45) is 0 Å². The minimum Gasteiger partial charge on any atom is -0.496 e. The van der Waals surface area contributed by atoms with Crippen LogP contribution in [-0.4, -0.2) is 37.3 Å². The molecule has 1 aliphatic rings. The van der Waals surface area contributed by atoms with Gasteiger partial charge in [0.1, 0.15) is 12.0 Å². The summed E-state index contributed by atoms with van der Waals surface area (Å²) >= 11 is 0. The minimum absolute atomic E-state index is 0.0878. The van der Waals surface area contributed by atoms with E-state index in [1.165, 1.54) is 0 Å². The van der Waals surface area contributed by atoms with Crippen molar-refractivity contribution in [2.45, 2.75) is 26.0 Å². The number of methoxy groups -OCH3 is 1. The Balaban J connectivity index is 1.93. The maximum Gasteiger partial charge on any atom is 0.225 e. The normalized spacial score (nSPS) is 19.0. The summed E-state index contributed by atoms with van der Waals surface area (Å²) in [6.45, 7) is 3.25. The number of carbonyl (C=O) groups excluding carboxylic acids is 1. The zero-order chi connectivity index (χ0) is 13.0. The fourth-order valence-electron chi connectivity index (χ4n) is 2.22. The van der Waals surface area contributed by atoms with Crippen LogP contribution in [0.3, 0.4) is 0 Å². The summed E-state index contributed by atoms with van der Waals surface area (Å²) < 4.78 is 10.6. The smallest absolute Gasteiger partial charge is 0.225 e. The Hall–Kier alpha value is -1.55. The van der Waals surface area contributed by atoms with E-state index < -0.39 is 0 Å². The predicted molar refractivity (Wildman–Crippen MR) is 68.4 cm³/mol. The van der Waals surface area contributed by atoms with Gasteiger partial charge in [-0.1, -0.05) is 18.2 Å². The van der Waals surface area contributed by atoms with Crippen molar-refractivity contribution in [1.82, 2.24) is 4.90 Å². The molecule has 0 spiro atoms. The van der Waals surface area contributed by atoms with E-state index in [0.29, 0.717) is 26.0 Å². The van der Waals surface area contributed by atoms with Crippen LogP contribution in [0.2, 0.25) is 0 Å². The molecule has 0 aliphatic carbocycles. The summed E-state index contributed by atoms with van der Waals surface area (Å²) in [6.07, 6.45) is 1.11. The molecule has 0 aromatic heterocycles. The molecule has 1 aromatic carbocycles. The van der Waals surface area contributed by atoms with Crippen molar-refractivity contribution in [1.29, 1.82) is 0 Å². The number of aryl methyl sites for hydroxylation is 1. The predicted octanol–water partition coefficient (Wildman–Crippen LogP) is 1.83. The van der Waals surface area contributed by atoms with E-state index in [0.717, 1.165) is 11.3 Å². The van der Waals surface area contributed by atoms with Gasteiger partial charge >= 0.3 is 0 Å². The highest BCUT2D eigenvalue weighted by Crippen LogP contribution is 2.20. The molecule has 0 N–H and O–H groups in total. The standard InChI is InChI=1S/C14H19NO3/c1-11-15(9-10-18-11)14(16)8-7-12-5-3-4-6-13(12)17-2/h3-6,11H,7-10H2,1-2H3. The van der Waals surface area contributed by atoms with E-state index in [1.54, 1.807) is 12.0 Å². The van der Waals surface area contributed by atoms with Crippen LogP contribution in [0, 0.1) is 0 Å². The van der Waals surface area contributed by atoms with E-state index in [9.17, 15) is 4.79 Å². The molecule has 1 saturated heterocycles. The number of nitrogens with zero attached hydrogens (tertiary/aromatic N) is 1. The summed E-state index contributed by atoms with van der Waals surface area (Å²) in [5.74, 6) is 0.988. The molecule has 4 nitrogen and oxygen atoms in total. The van der Waals surface area contributed by atoms with E-state index in [4.69, 9.17) is 9.47 Å². The summed E-state index contributed by atoms with van der Waals surface area (Å²) in [4.78, 5) is 13.8. The van der Waals surface area contributed by atoms with Gasteiger partial charge in [0.05, 0.1) is 13.7 Å². The highest BCUT2D eigenvalue weighted by Gasteiger charge is 2.25. The Kier molecular flexibility index (Phi) is 4.20. The molecule has 1 heterocycles. The fourth-order valence-corrected chi connectivity index (χ4v) is 2.22. The van der Waals surface area contributed by atoms with Gasteiger partial charge in [-0.15, -0.1) is 0 Å². The van der Waals surface area contributed by atoms with E-state index in [-0.39, 0.29) is 12.1 Å². The summed E-state index contributed by atoms with van der Waals surface area (Å²) in [7, 11) is 1.65. The van der Waals surface area contributed by atoms with Crippen LogP contribution in [0.1, 0.15) is 18.9 Å². The molecule has 1 atom stereocenters. The summed E-state index contributed by atoms with van der Waals surface area (Å²) in [6, 6.07) is 7.81. The van der Waals surface area contributed by atoms with Gasteiger partial charge in [-0.25, -0.2) is 0 Å². The number of benzene rings is 1. The SMILES string of the molecule is COc1ccccc1CCC(=O)N1CCOC1C. The summed E-state index contributed by atoms with van der Waals surface area (Å²) in [5, 5.41) is 0.